The normalized spacial score (nSPS) is 19.7. The maximum Gasteiger partial charge on any atom is 0.127 e. The summed E-state index contributed by atoms with van der Waals surface area (Å²) in [5.41, 5.74) is 4.36. The Morgan fingerprint density at radius 3 is 2.57 bits per heavy atom. The highest BCUT2D eigenvalue weighted by Crippen LogP contribution is 2.57. The molecule has 21 heavy (non-hydrogen) atoms. The Labute approximate surface area is 126 Å². The number of fused-ring (bicyclic) bond motifs is 1. The molecule has 1 aliphatic carbocycles. The van der Waals surface area contributed by atoms with Crippen LogP contribution in [0.5, 0.6) is 5.75 Å². The largest absolute Gasteiger partial charge is 0.493 e. The Morgan fingerprint density at radius 2 is 1.86 bits per heavy atom. The molecule has 0 bridgehead atoms. The summed E-state index contributed by atoms with van der Waals surface area (Å²) in [5.74, 6) is 1.12. The van der Waals surface area contributed by atoms with Gasteiger partial charge in [-0.3, -0.25) is 0 Å². The molecule has 0 spiro atoms. The lowest BCUT2D eigenvalue weighted by Crippen LogP contribution is -2.30. The maximum absolute atomic E-state index is 5.93. The third kappa shape index (κ3) is 1.97. The highest BCUT2D eigenvalue weighted by molar-refractivity contribution is 5.49. The van der Waals surface area contributed by atoms with Gasteiger partial charge in [0.2, 0.25) is 0 Å². The van der Waals surface area contributed by atoms with E-state index in [-0.39, 0.29) is 5.41 Å². The van der Waals surface area contributed by atoms with Crippen molar-refractivity contribution < 1.29 is 4.74 Å². The van der Waals surface area contributed by atoms with Crippen LogP contribution in [0.1, 0.15) is 35.6 Å². The number of benzene rings is 2. The highest BCUT2D eigenvalue weighted by atomic mass is 16.5. The summed E-state index contributed by atoms with van der Waals surface area (Å²) < 4.78 is 5.93. The van der Waals surface area contributed by atoms with E-state index in [9.17, 15) is 0 Å². The summed E-state index contributed by atoms with van der Waals surface area (Å²) in [6.07, 6.45) is 3.52. The second kappa shape index (κ2) is 4.88. The third-order valence-corrected chi connectivity index (χ3v) is 5.03. The minimum Gasteiger partial charge on any atom is -0.493 e. The molecule has 2 heteroatoms. The van der Waals surface area contributed by atoms with Gasteiger partial charge in [-0.1, -0.05) is 48.5 Å². The molecule has 0 saturated heterocycles. The van der Waals surface area contributed by atoms with Gasteiger partial charge < -0.3 is 10.1 Å². The lowest BCUT2D eigenvalue weighted by molar-refractivity contribution is 0.343. The molecule has 2 aromatic carbocycles. The lowest BCUT2D eigenvalue weighted by Gasteiger charge is -2.29. The van der Waals surface area contributed by atoms with Crippen LogP contribution in [0, 0.1) is 0 Å². The zero-order valence-electron chi connectivity index (χ0n) is 12.4. The van der Waals surface area contributed by atoms with Gasteiger partial charge in [-0.05, 0) is 31.0 Å². The number of hydrogen-bond donors (Lipinski definition) is 1. The number of likely N-dealkylation sites (N-methyl/N-ethyl adjacent to an activating group) is 1. The molecule has 1 N–H and O–H groups in total. The van der Waals surface area contributed by atoms with Gasteiger partial charge in [0.1, 0.15) is 5.75 Å². The van der Waals surface area contributed by atoms with Crippen molar-refractivity contribution in [1.29, 1.82) is 0 Å². The minimum absolute atomic E-state index is 0.233. The van der Waals surface area contributed by atoms with Crippen molar-refractivity contribution in [3.05, 3.63) is 65.2 Å². The summed E-state index contributed by atoms with van der Waals surface area (Å²) >= 11 is 0. The molecular weight excluding hydrogens is 258 g/mol. The number of ether oxygens (including phenoxy) is 1. The van der Waals surface area contributed by atoms with Crippen molar-refractivity contribution in [2.24, 2.45) is 0 Å². The number of para-hydroxylation sites is 1. The van der Waals surface area contributed by atoms with Crippen LogP contribution in [0.25, 0.3) is 0 Å². The maximum atomic E-state index is 5.93. The lowest BCUT2D eigenvalue weighted by atomic mass is 9.83. The van der Waals surface area contributed by atoms with Crippen LogP contribution in [0.3, 0.4) is 0 Å². The van der Waals surface area contributed by atoms with Gasteiger partial charge in [0, 0.05) is 23.4 Å². The molecule has 2 aliphatic rings. The van der Waals surface area contributed by atoms with E-state index in [1.54, 1.807) is 0 Å². The summed E-state index contributed by atoms with van der Waals surface area (Å²) in [6, 6.07) is 17.8. The Balaban J connectivity index is 1.78. The second-order valence-electron chi connectivity index (χ2n) is 6.18. The van der Waals surface area contributed by atoms with E-state index in [2.05, 4.69) is 60.9 Å². The van der Waals surface area contributed by atoms with E-state index in [4.69, 9.17) is 4.74 Å². The molecule has 0 aromatic heterocycles. The molecule has 1 atom stereocenters. The predicted molar refractivity (Wildman–Crippen MR) is 84.8 cm³/mol. The molecule has 0 radical (unpaired) electrons. The SMILES string of the molecule is CNC(c1cccc2c1OCC2)C1(c2ccccc2)CC1. The molecular formula is C19H21NO. The smallest absolute Gasteiger partial charge is 0.127 e. The molecule has 2 nitrogen and oxygen atoms in total. The first-order valence-corrected chi connectivity index (χ1v) is 7.82. The number of rotatable bonds is 4. The molecule has 1 saturated carbocycles. The Morgan fingerprint density at radius 1 is 1.05 bits per heavy atom. The van der Waals surface area contributed by atoms with Gasteiger partial charge >= 0.3 is 0 Å². The Bertz CT molecular complexity index is 646. The predicted octanol–water partition coefficient (Wildman–Crippen LogP) is 3.61. The average molecular weight is 279 g/mol. The van der Waals surface area contributed by atoms with E-state index in [0.717, 1.165) is 18.8 Å². The van der Waals surface area contributed by atoms with Gasteiger partial charge in [0.15, 0.2) is 0 Å². The molecule has 4 rings (SSSR count). The van der Waals surface area contributed by atoms with Crippen LogP contribution in [0.15, 0.2) is 48.5 Å². The van der Waals surface area contributed by atoms with Gasteiger partial charge in [0.25, 0.3) is 0 Å². The molecule has 2 aromatic rings. The molecule has 0 amide bonds. The van der Waals surface area contributed by atoms with Crippen molar-refractivity contribution in [2.45, 2.75) is 30.7 Å². The molecule has 108 valence electrons. The van der Waals surface area contributed by atoms with Crippen LogP contribution < -0.4 is 10.1 Å². The van der Waals surface area contributed by atoms with Gasteiger partial charge in [-0.15, -0.1) is 0 Å². The van der Waals surface area contributed by atoms with E-state index >= 15 is 0 Å². The summed E-state index contributed by atoms with van der Waals surface area (Å²) in [4.78, 5) is 0. The Hall–Kier alpha value is -1.80. The first kappa shape index (κ1) is 12.9. The van der Waals surface area contributed by atoms with Crippen LogP contribution in [-0.2, 0) is 11.8 Å². The first-order chi connectivity index (χ1) is 10.3. The number of nitrogens with one attached hydrogen (secondary N) is 1. The van der Waals surface area contributed by atoms with E-state index in [1.165, 1.54) is 29.5 Å². The van der Waals surface area contributed by atoms with Crippen LogP contribution in [0.2, 0.25) is 0 Å². The van der Waals surface area contributed by atoms with E-state index in [0.29, 0.717) is 6.04 Å². The Kier molecular flexibility index (Phi) is 3.00. The van der Waals surface area contributed by atoms with E-state index < -0.39 is 0 Å². The molecule has 1 heterocycles. The van der Waals surface area contributed by atoms with Gasteiger partial charge in [0.05, 0.1) is 6.61 Å². The van der Waals surface area contributed by atoms with Crippen molar-refractivity contribution in [1.82, 2.24) is 5.32 Å². The molecule has 1 aliphatic heterocycles. The topological polar surface area (TPSA) is 21.3 Å². The van der Waals surface area contributed by atoms with Crippen molar-refractivity contribution >= 4 is 0 Å². The summed E-state index contributed by atoms with van der Waals surface area (Å²) in [6.45, 7) is 0.821. The zero-order valence-corrected chi connectivity index (χ0v) is 12.4. The standard InChI is InChI=1S/C19H21NO/c1-20-18(16-9-5-6-14-10-13-21-17(14)16)19(11-12-19)15-7-3-2-4-8-15/h2-9,18,20H,10-13H2,1H3. The van der Waals surface area contributed by atoms with Crippen LogP contribution >= 0.6 is 0 Å². The summed E-state index contributed by atoms with van der Waals surface area (Å²) in [7, 11) is 2.07. The quantitative estimate of drug-likeness (QED) is 0.923. The van der Waals surface area contributed by atoms with E-state index in [1.807, 2.05) is 0 Å². The fraction of sp³-hybridized carbons (Fsp3) is 0.368. The zero-order chi connectivity index (χ0) is 14.3. The van der Waals surface area contributed by atoms with Crippen molar-refractivity contribution in [2.75, 3.05) is 13.7 Å². The molecule has 1 fully saturated rings. The van der Waals surface area contributed by atoms with Gasteiger partial charge in [-0.2, -0.15) is 0 Å². The first-order valence-electron chi connectivity index (χ1n) is 7.82. The fourth-order valence-corrected chi connectivity index (χ4v) is 3.85. The molecule has 1 unspecified atom stereocenters. The van der Waals surface area contributed by atoms with Crippen LogP contribution in [-0.4, -0.2) is 13.7 Å². The van der Waals surface area contributed by atoms with Crippen LogP contribution in [0.4, 0.5) is 0 Å². The second-order valence-corrected chi connectivity index (χ2v) is 6.18. The van der Waals surface area contributed by atoms with Gasteiger partial charge in [-0.25, -0.2) is 0 Å². The minimum atomic E-state index is 0.233. The number of hydrogen-bond acceptors (Lipinski definition) is 2. The highest BCUT2D eigenvalue weighted by Gasteiger charge is 2.51. The average Bonchev–Trinajstić information content (AvgIpc) is 3.19. The van der Waals surface area contributed by atoms with Crippen molar-refractivity contribution in [3.8, 4) is 5.75 Å². The monoisotopic (exact) mass is 279 g/mol. The third-order valence-electron chi connectivity index (χ3n) is 5.03. The van der Waals surface area contributed by atoms with Crippen molar-refractivity contribution in [3.63, 3.8) is 0 Å². The fourth-order valence-electron chi connectivity index (χ4n) is 3.85. The summed E-state index contributed by atoms with van der Waals surface area (Å²) in [5, 5.41) is 3.57.